The maximum atomic E-state index is 9.57. The minimum Gasteiger partial charge on any atom is -0.496 e. The Morgan fingerprint density at radius 2 is 2.10 bits per heavy atom. The number of rotatable bonds is 4. The zero-order valence-corrected chi connectivity index (χ0v) is 12.5. The van der Waals surface area contributed by atoms with E-state index in [0.717, 1.165) is 49.4 Å². The fourth-order valence-electron chi connectivity index (χ4n) is 2.52. The zero-order chi connectivity index (χ0) is 15.1. The number of benzene rings is 1. The molecule has 1 aromatic carbocycles. The average Bonchev–Trinajstić information content (AvgIpc) is 2.50. The van der Waals surface area contributed by atoms with Gasteiger partial charge in [0.1, 0.15) is 5.75 Å². The van der Waals surface area contributed by atoms with Gasteiger partial charge < -0.3 is 14.9 Å². The molecule has 0 aliphatic carbocycles. The van der Waals surface area contributed by atoms with Crippen LogP contribution in [0.15, 0.2) is 18.2 Å². The lowest BCUT2D eigenvalue weighted by atomic mass is 10.1. The van der Waals surface area contributed by atoms with Gasteiger partial charge in [-0.2, -0.15) is 0 Å². The first-order valence-corrected chi connectivity index (χ1v) is 7.40. The van der Waals surface area contributed by atoms with E-state index in [2.05, 4.69) is 16.7 Å². The summed E-state index contributed by atoms with van der Waals surface area (Å²) in [7, 11) is 1.68. The Balaban J connectivity index is 2.09. The lowest BCUT2D eigenvalue weighted by Gasteiger charge is -2.29. The van der Waals surface area contributed by atoms with E-state index in [0.29, 0.717) is 6.42 Å². The standard InChI is InChI=1S/C17H23NO3/c1-21-17-6-5-14(4-2-3-11-19)12-15(17)13-18-9-7-16(20)8-10-18/h5-6,12,16,19-20H,3,7-11,13H2,1H3. The van der Waals surface area contributed by atoms with Crippen LogP contribution in [0, 0.1) is 11.8 Å². The van der Waals surface area contributed by atoms with Crippen molar-refractivity contribution >= 4 is 0 Å². The summed E-state index contributed by atoms with van der Waals surface area (Å²) in [5.74, 6) is 6.86. The summed E-state index contributed by atoms with van der Waals surface area (Å²) in [6.07, 6.45) is 2.00. The first-order chi connectivity index (χ1) is 10.2. The third kappa shape index (κ3) is 4.75. The van der Waals surface area contributed by atoms with E-state index in [1.54, 1.807) is 7.11 Å². The van der Waals surface area contributed by atoms with E-state index < -0.39 is 0 Å². The quantitative estimate of drug-likeness (QED) is 0.822. The van der Waals surface area contributed by atoms with Crippen molar-refractivity contribution in [1.29, 1.82) is 0 Å². The van der Waals surface area contributed by atoms with Crippen molar-refractivity contribution < 1.29 is 14.9 Å². The molecule has 4 heteroatoms. The van der Waals surface area contributed by atoms with Gasteiger partial charge in [-0.1, -0.05) is 11.8 Å². The summed E-state index contributed by atoms with van der Waals surface area (Å²) in [6.45, 7) is 2.72. The van der Waals surface area contributed by atoms with Gasteiger partial charge in [0.15, 0.2) is 0 Å². The maximum Gasteiger partial charge on any atom is 0.123 e. The number of nitrogens with zero attached hydrogens (tertiary/aromatic N) is 1. The molecule has 0 spiro atoms. The van der Waals surface area contributed by atoms with Gasteiger partial charge in [-0.15, -0.1) is 0 Å². The molecule has 1 fully saturated rings. The summed E-state index contributed by atoms with van der Waals surface area (Å²) in [5, 5.41) is 18.3. The van der Waals surface area contributed by atoms with Crippen molar-refractivity contribution in [1.82, 2.24) is 4.90 Å². The van der Waals surface area contributed by atoms with Crippen LogP contribution < -0.4 is 4.74 Å². The van der Waals surface area contributed by atoms with Crippen LogP contribution in [0.5, 0.6) is 5.75 Å². The van der Waals surface area contributed by atoms with Gasteiger partial charge in [-0.05, 0) is 31.0 Å². The average molecular weight is 289 g/mol. The summed E-state index contributed by atoms with van der Waals surface area (Å²) < 4.78 is 5.42. The molecule has 0 unspecified atom stereocenters. The molecule has 0 bridgehead atoms. The van der Waals surface area contributed by atoms with E-state index in [1.807, 2.05) is 18.2 Å². The molecule has 1 heterocycles. The van der Waals surface area contributed by atoms with E-state index in [9.17, 15) is 5.11 Å². The first kappa shape index (κ1) is 15.8. The second-order valence-electron chi connectivity index (χ2n) is 5.31. The molecule has 0 amide bonds. The molecule has 1 aliphatic heterocycles. The molecule has 21 heavy (non-hydrogen) atoms. The normalized spacial score (nSPS) is 16.3. The smallest absolute Gasteiger partial charge is 0.123 e. The number of methoxy groups -OCH3 is 1. The van der Waals surface area contributed by atoms with Crippen molar-refractivity contribution in [3.63, 3.8) is 0 Å². The second kappa shape index (κ2) is 8.04. The third-order valence-electron chi connectivity index (χ3n) is 3.70. The third-order valence-corrected chi connectivity index (χ3v) is 3.70. The number of aliphatic hydroxyl groups is 2. The number of aliphatic hydroxyl groups excluding tert-OH is 2. The van der Waals surface area contributed by atoms with Crippen LogP contribution in [0.3, 0.4) is 0 Å². The van der Waals surface area contributed by atoms with Gasteiger partial charge in [-0.25, -0.2) is 0 Å². The highest BCUT2D eigenvalue weighted by atomic mass is 16.5. The predicted molar refractivity (Wildman–Crippen MR) is 82.1 cm³/mol. The Bertz CT molecular complexity index is 511. The summed E-state index contributed by atoms with van der Waals surface area (Å²) >= 11 is 0. The van der Waals surface area contributed by atoms with Crippen LogP contribution in [0.4, 0.5) is 0 Å². The summed E-state index contributed by atoms with van der Waals surface area (Å²) in [6, 6.07) is 5.93. The molecule has 114 valence electrons. The number of piperidine rings is 1. The van der Waals surface area contributed by atoms with E-state index in [1.165, 1.54) is 0 Å². The highest BCUT2D eigenvalue weighted by molar-refractivity contribution is 5.44. The van der Waals surface area contributed by atoms with Gasteiger partial charge in [0, 0.05) is 37.2 Å². The molecular formula is C17H23NO3. The fraction of sp³-hybridized carbons (Fsp3) is 0.529. The summed E-state index contributed by atoms with van der Waals surface area (Å²) in [5.41, 5.74) is 2.06. The SMILES string of the molecule is COc1ccc(C#CCCO)cc1CN1CCC(O)CC1. The van der Waals surface area contributed by atoms with Crippen LogP contribution in [-0.2, 0) is 6.54 Å². The van der Waals surface area contributed by atoms with Crippen LogP contribution in [0.25, 0.3) is 0 Å². The first-order valence-electron chi connectivity index (χ1n) is 7.40. The second-order valence-corrected chi connectivity index (χ2v) is 5.31. The minimum absolute atomic E-state index is 0.0894. The maximum absolute atomic E-state index is 9.57. The topological polar surface area (TPSA) is 52.9 Å². The van der Waals surface area contributed by atoms with Crippen molar-refractivity contribution in [2.24, 2.45) is 0 Å². The lowest BCUT2D eigenvalue weighted by molar-refractivity contribution is 0.0789. The molecule has 1 aromatic rings. The largest absolute Gasteiger partial charge is 0.496 e. The Morgan fingerprint density at radius 3 is 2.76 bits per heavy atom. The molecule has 1 saturated heterocycles. The predicted octanol–water partition coefficient (Wildman–Crippen LogP) is 1.39. The van der Waals surface area contributed by atoms with Gasteiger partial charge in [0.05, 0.1) is 19.8 Å². The monoisotopic (exact) mass is 289 g/mol. The van der Waals surface area contributed by atoms with Crippen LogP contribution >= 0.6 is 0 Å². The Labute approximate surface area is 126 Å². The van der Waals surface area contributed by atoms with Crippen molar-refractivity contribution in [3.05, 3.63) is 29.3 Å². The molecule has 0 saturated carbocycles. The van der Waals surface area contributed by atoms with E-state index in [-0.39, 0.29) is 12.7 Å². The summed E-state index contributed by atoms with van der Waals surface area (Å²) in [4.78, 5) is 2.33. The van der Waals surface area contributed by atoms with Gasteiger partial charge in [0.2, 0.25) is 0 Å². The molecule has 0 aromatic heterocycles. The highest BCUT2D eigenvalue weighted by Crippen LogP contribution is 2.23. The van der Waals surface area contributed by atoms with Gasteiger partial charge >= 0.3 is 0 Å². The van der Waals surface area contributed by atoms with Crippen molar-refractivity contribution in [3.8, 4) is 17.6 Å². The fourth-order valence-corrected chi connectivity index (χ4v) is 2.52. The van der Waals surface area contributed by atoms with Crippen LogP contribution in [-0.4, -0.2) is 48.0 Å². The minimum atomic E-state index is -0.154. The molecule has 0 atom stereocenters. The number of hydrogen-bond acceptors (Lipinski definition) is 4. The lowest BCUT2D eigenvalue weighted by Crippen LogP contribution is -2.35. The zero-order valence-electron chi connectivity index (χ0n) is 12.5. The van der Waals surface area contributed by atoms with E-state index in [4.69, 9.17) is 9.84 Å². The van der Waals surface area contributed by atoms with Crippen LogP contribution in [0.2, 0.25) is 0 Å². The number of likely N-dealkylation sites (tertiary alicyclic amines) is 1. The Morgan fingerprint density at radius 1 is 1.33 bits per heavy atom. The number of ether oxygens (including phenoxy) is 1. The number of hydrogen-bond donors (Lipinski definition) is 2. The van der Waals surface area contributed by atoms with Crippen molar-refractivity contribution in [2.45, 2.75) is 31.9 Å². The molecule has 2 rings (SSSR count). The Hall–Kier alpha value is -1.54. The Kier molecular flexibility index (Phi) is 6.06. The van der Waals surface area contributed by atoms with Gasteiger partial charge in [-0.3, -0.25) is 4.90 Å². The molecule has 2 N–H and O–H groups in total. The van der Waals surface area contributed by atoms with E-state index >= 15 is 0 Å². The molecular weight excluding hydrogens is 266 g/mol. The highest BCUT2D eigenvalue weighted by Gasteiger charge is 2.18. The van der Waals surface area contributed by atoms with Crippen LogP contribution in [0.1, 0.15) is 30.4 Å². The van der Waals surface area contributed by atoms with Gasteiger partial charge in [0.25, 0.3) is 0 Å². The molecule has 1 aliphatic rings. The molecule has 4 nitrogen and oxygen atoms in total. The molecule has 0 radical (unpaired) electrons. The van der Waals surface area contributed by atoms with Crippen molar-refractivity contribution in [2.75, 3.05) is 26.8 Å².